The second kappa shape index (κ2) is 5.12. The number of aryl methyl sites for hydroxylation is 1. The largest absolute Gasteiger partial charge is 0.312 e. The third-order valence-corrected chi connectivity index (χ3v) is 2.43. The summed E-state index contributed by atoms with van der Waals surface area (Å²) in [5.74, 6) is 6.23. The van der Waals surface area contributed by atoms with Crippen LogP contribution in [0, 0.1) is 0 Å². The van der Waals surface area contributed by atoms with Crippen LogP contribution in [0.5, 0.6) is 0 Å². The van der Waals surface area contributed by atoms with Gasteiger partial charge in [0.1, 0.15) is 0 Å². The minimum atomic E-state index is 0.470. The molecule has 1 rings (SSSR count). The molecule has 3 heteroatoms. The van der Waals surface area contributed by atoms with Gasteiger partial charge in [-0.1, -0.05) is 27.2 Å². The summed E-state index contributed by atoms with van der Waals surface area (Å²) in [6.45, 7) is 6.47. The van der Waals surface area contributed by atoms with Gasteiger partial charge in [0.25, 0.3) is 0 Å². The van der Waals surface area contributed by atoms with Gasteiger partial charge in [-0.15, -0.1) is 0 Å². The summed E-state index contributed by atoms with van der Waals surface area (Å²) < 4.78 is 0. The van der Waals surface area contributed by atoms with Gasteiger partial charge >= 0.3 is 0 Å². The van der Waals surface area contributed by atoms with Crippen molar-refractivity contribution in [2.75, 3.05) is 12.1 Å². The molecule has 0 saturated heterocycles. The molecule has 1 heterocycles. The number of anilines is 1. The predicted octanol–water partition coefficient (Wildman–Crippen LogP) is 2.47. The number of hydrogen-bond acceptors (Lipinski definition) is 3. The van der Waals surface area contributed by atoms with Gasteiger partial charge in [-0.05, 0) is 24.5 Å². The molecule has 0 unspecified atom stereocenters. The average Bonchev–Trinajstić information content (AvgIpc) is 2.17. The van der Waals surface area contributed by atoms with Crippen molar-refractivity contribution in [2.24, 2.45) is 5.84 Å². The summed E-state index contributed by atoms with van der Waals surface area (Å²) in [6, 6.07) is 4.12. The van der Waals surface area contributed by atoms with Crippen LogP contribution < -0.4 is 10.9 Å². The summed E-state index contributed by atoms with van der Waals surface area (Å²) >= 11 is 0. The predicted molar refractivity (Wildman–Crippen MR) is 64.9 cm³/mol. The van der Waals surface area contributed by atoms with E-state index in [4.69, 9.17) is 5.84 Å². The molecule has 2 N–H and O–H groups in total. The van der Waals surface area contributed by atoms with Gasteiger partial charge in [0, 0.05) is 12.7 Å². The lowest BCUT2D eigenvalue weighted by Crippen LogP contribution is -2.26. The lowest BCUT2D eigenvalue weighted by molar-refractivity contribution is 0.785. The fourth-order valence-electron chi connectivity index (χ4n) is 1.57. The Bertz CT molecular complexity index is 319. The normalized spacial score (nSPS) is 10.8. The van der Waals surface area contributed by atoms with E-state index >= 15 is 0 Å². The van der Waals surface area contributed by atoms with Gasteiger partial charge < -0.3 is 5.01 Å². The Hall–Kier alpha value is -1.09. The van der Waals surface area contributed by atoms with Crippen LogP contribution in [-0.2, 0) is 6.42 Å². The van der Waals surface area contributed by atoms with Crippen molar-refractivity contribution in [1.29, 1.82) is 0 Å². The number of nitrogens with two attached hydrogens (primary N) is 1. The molecular weight excluding hydrogens is 186 g/mol. The number of rotatable bonds is 4. The van der Waals surface area contributed by atoms with Crippen LogP contribution in [0.2, 0.25) is 0 Å². The van der Waals surface area contributed by atoms with E-state index in [0.29, 0.717) is 5.92 Å². The molecule has 0 aromatic carbocycles. The van der Waals surface area contributed by atoms with Crippen molar-refractivity contribution < 1.29 is 0 Å². The molecule has 0 bridgehead atoms. The highest BCUT2D eigenvalue weighted by molar-refractivity contribution is 5.49. The van der Waals surface area contributed by atoms with Crippen LogP contribution in [0.25, 0.3) is 0 Å². The SMILES string of the molecule is CCCc1nc(C(C)C)ccc1N(C)N. The van der Waals surface area contributed by atoms with Crippen molar-refractivity contribution in [2.45, 2.75) is 39.5 Å². The van der Waals surface area contributed by atoms with Crippen LogP contribution in [0.3, 0.4) is 0 Å². The van der Waals surface area contributed by atoms with Gasteiger partial charge in [-0.3, -0.25) is 4.98 Å². The average molecular weight is 207 g/mol. The summed E-state index contributed by atoms with van der Waals surface area (Å²) in [4.78, 5) is 4.66. The highest BCUT2D eigenvalue weighted by Gasteiger charge is 2.09. The number of nitrogens with zero attached hydrogens (tertiary/aromatic N) is 2. The minimum absolute atomic E-state index is 0.470. The minimum Gasteiger partial charge on any atom is -0.312 e. The Kier molecular flexibility index (Phi) is 4.09. The van der Waals surface area contributed by atoms with Gasteiger partial charge in [0.15, 0.2) is 0 Å². The maximum Gasteiger partial charge on any atom is 0.0729 e. The summed E-state index contributed by atoms with van der Waals surface area (Å²) in [6.07, 6.45) is 2.08. The van der Waals surface area contributed by atoms with Gasteiger partial charge in [-0.25, -0.2) is 5.84 Å². The third-order valence-electron chi connectivity index (χ3n) is 2.43. The summed E-state index contributed by atoms with van der Waals surface area (Å²) in [5.41, 5.74) is 3.28. The molecule has 0 radical (unpaired) electrons. The van der Waals surface area contributed by atoms with Gasteiger partial charge in [0.05, 0.1) is 11.4 Å². The Morgan fingerprint density at radius 2 is 2.07 bits per heavy atom. The van der Waals surface area contributed by atoms with Crippen molar-refractivity contribution in [3.05, 3.63) is 23.5 Å². The van der Waals surface area contributed by atoms with Crippen molar-refractivity contribution >= 4 is 5.69 Å². The molecule has 0 aliphatic heterocycles. The number of hydrazine groups is 1. The first-order chi connectivity index (χ1) is 7.06. The fourth-order valence-corrected chi connectivity index (χ4v) is 1.57. The van der Waals surface area contributed by atoms with Crippen molar-refractivity contribution in [1.82, 2.24) is 4.98 Å². The van der Waals surface area contributed by atoms with Crippen molar-refractivity contribution in [3.63, 3.8) is 0 Å². The van der Waals surface area contributed by atoms with Crippen LogP contribution in [-0.4, -0.2) is 12.0 Å². The molecule has 0 spiro atoms. The monoisotopic (exact) mass is 207 g/mol. The first kappa shape index (κ1) is 12.0. The molecule has 0 amide bonds. The van der Waals surface area contributed by atoms with E-state index in [2.05, 4.69) is 37.9 Å². The smallest absolute Gasteiger partial charge is 0.0729 e. The Balaban J connectivity index is 3.08. The van der Waals surface area contributed by atoms with Crippen LogP contribution in [0.15, 0.2) is 12.1 Å². The molecule has 1 aromatic heterocycles. The lowest BCUT2D eigenvalue weighted by atomic mass is 10.1. The zero-order valence-electron chi connectivity index (χ0n) is 10.1. The Morgan fingerprint density at radius 3 is 2.53 bits per heavy atom. The van der Waals surface area contributed by atoms with E-state index in [1.807, 2.05) is 7.05 Å². The summed E-state index contributed by atoms with van der Waals surface area (Å²) in [7, 11) is 1.85. The quantitative estimate of drug-likeness (QED) is 0.609. The van der Waals surface area contributed by atoms with E-state index < -0.39 is 0 Å². The molecule has 1 aromatic rings. The van der Waals surface area contributed by atoms with E-state index in [-0.39, 0.29) is 0 Å². The second-order valence-electron chi connectivity index (χ2n) is 4.22. The third kappa shape index (κ3) is 2.93. The number of pyridine rings is 1. The molecule has 84 valence electrons. The first-order valence-corrected chi connectivity index (χ1v) is 5.54. The lowest BCUT2D eigenvalue weighted by Gasteiger charge is -2.17. The highest BCUT2D eigenvalue weighted by Crippen LogP contribution is 2.21. The highest BCUT2D eigenvalue weighted by atomic mass is 15.4. The molecule has 0 atom stereocenters. The molecule has 0 aliphatic rings. The van der Waals surface area contributed by atoms with E-state index in [0.717, 1.165) is 29.9 Å². The van der Waals surface area contributed by atoms with Gasteiger partial charge in [0.2, 0.25) is 0 Å². The maximum absolute atomic E-state index is 5.76. The molecular formula is C12H21N3. The van der Waals surface area contributed by atoms with E-state index in [9.17, 15) is 0 Å². The number of hydrogen-bond donors (Lipinski definition) is 1. The van der Waals surface area contributed by atoms with E-state index in [1.54, 1.807) is 5.01 Å². The van der Waals surface area contributed by atoms with Gasteiger partial charge in [-0.2, -0.15) is 0 Å². The molecule has 0 aliphatic carbocycles. The van der Waals surface area contributed by atoms with E-state index in [1.165, 1.54) is 0 Å². The molecule has 0 saturated carbocycles. The van der Waals surface area contributed by atoms with Crippen molar-refractivity contribution in [3.8, 4) is 0 Å². The van der Waals surface area contributed by atoms with Crippen LogP contribution >= 0.6 is 0 Å². The molecule has 0 fully saturated rings. The van der Waals surface area contributed by atoms with Crippen LogP contribution in [0.1, 0.15) is 44.5 Å². The fraction of sp³-hybridized carbons (Fsp3) is 0.583. The summed E-state index contributed by atoms with van der Waals surface area (Å²) in [5, 5.41) is 1.64. The Labute approximate surface area is 92.3 Å². The molecule has 3 nitrogen and oxygen atoms in total. The first-order valence-electron chi connectivity index (χ1n) is 5.54. The molecule has 15 heavy (non-hydrogen) atoms. The second-order valence-corrected chi connectivity index (χ2v) is 4.22. The standard InChI is InChI=1S/C12H21N3/c1-5-6-11-12(15(4)13)8-7-10(14-11)9(2)3/h7-9H,5-6,13H2,1-4H3. The topological polar surface area (TPSA) is 42.2 Å². The zero-order valence-corrected chi connectivity index (χ0v) is 10.1. The Morgan fingerprint density at radius 1 is 1.40 bits per heavy atom. The maximum atomic E-state index is 5.76. The van der Waals surface area contributed by atoms with Crippen LogP contribution in [0.4, 0.5) is 5.69 Å². The zero-order chi connectivity index (χ0) is 11.4. The number of aromatic nitrogens is 1.